The zero-order valence-electron chi connectivity index (χ0n) is 14.0. The lowest BCUT2D eigenvalue weighted by Crippen LogP contribution is -2.14. The van der Waals surface area contributed by atoms with Crippen LogP contribution in [0.2, 0.25) is 10.0 Å². The number of hydrogen-bond donors (Lipinski definition) is 1. The van der Waals surface area contributed by atoms with E-state index in [-0.39, 0.29) is 18.3 Å². The molecule has 0 aliphatic heterocycles. The number of rotatable bonds is 5. The SMILES string of the molecule is Cc1cc(C)nc(NC(=O)c2ccc(COc3ccc(Cl)cc3Cl)o2)n1. The molecule has 0 bridgehead atoms. The second-order valence-electron chi connectivity index (χ2n) is 5.56. The minimum absolute atomic E-state index is 0.120. The summed E-state index contributed by atoms with van der Waals surface area (Å²) in [5.74, 6) is 0.874. The summed E-state index contributed by atoms with van der Waals surface area (Å²) in [6, 6.07) is 9.96. The summed E-state index contributed by atoms with van der Waals surface area (Å²) in [4.78, 5) is 20.6. The van der Waals surface area contributed by atoms with Crippen LogP contribution in [0.4, 0.5) is 5.95 Å². The average molecular weight is 392 g/mol. The molecule has 0 fully saturated rings. The van der Waals surface area contributed by atoms with Gasteiger partial charge in [0.2, 0.25) is 5.95 Å². The molecule has 1 aromatic carbocycles. The van der Waals surface area contributed by atoms with Crippen LogP contribution in [-0.4, -0.2) is 15.9 Å². The molecule has 6 nitrogen and oxygen atoms in total. The van der Waals surface area contributed by atoms with Crippen LogP contribution in [0.5, 0.6) is 5.75 Å². The summed E-state index contributed by atoms with van der Waals surface area (Å²) in [5.41, 5.74) is 1.53. The molecule has 0 atom stereocenters. The van der Waals surface area contributed by atoms with E-state index in [4.69, 9.17) is 32.4 Å². The van der Waals surface area contributed by atoms with Gasteiger partial charge in [0, 0.05) is 16.4 Å². The highest BCUT2D eigenvalue weighted by atomic mass is 35.5. The number of halogens is 2. The number of aryl methyl sites for hydroxylation is 2. The Morgan fingerprint density at radius 3 is 2.54 bits per heavy atom. The highest BCUT2D eigenvalue weighted by Gasteiger charge is 2.14. The van der Waals surface area contributed by atoms with Gasteiger partial charge in [-0.25, -0.2) is 9.97 Å². The normalized spacial score (nSPS) is 10.6. The van der Waals surface area contributed by atoms with Crippen LogP contribution < -0.4 is 10.1 Å². The second kappa shape index (κ2) is 7.76. The van der Waals surface area contributed by atoms with E-state index >= 15 is 0 Å². The number of carbonyl (C=O) groups is 1. The minimum atomic E-state index is -0.439. The maximum Gasteiger partial charge on any atom is 0.293 e. The first-order valence-electron chi connectivity index (χ1n) is 7.71. The van der Waals surface area contributed by atoms with Gasteiger partial charge < -0.3 is 9.15 Å². The quantitative estimate of drug-likeness (QED) is 0.673. The number of ether oxygens (including phenoxy) is 1. The Bertz CT molecular complexity index is 936. The highest BCUT2D eigenvalue weighted by Crippen LogP contribution is 2.28. The fourth-order valence-corrected chi connectivity index (χ4v) is 2.73. The summed E-state index contributed by atoms with van der Waals surface area (Å²) in [6.45, 7) is 3.78. The Kier molecular flexibility index (Phi) is 5.44. The van der Waals surface area contributed by atoms with Crippen molar-refractivity contribution in [2.24, 2.45) is 0 Å². The zero-order chi connectivity index (χ0) is 18.7. The van der Waals surface area contributed by atoms with Crippen LogP contribution in [-0.2, 0) is 6.61 Å². The van der Waals surface area contributed by atoms with Gasteiger partial charge >= 0.3 is 0 Å². The van der Waals surface area contributed by atoms with E-state index in [2.05, 4.69) is 15.3 Å². The molecular formula is C18H15Cl2N3O3. The molecule has 0 unspecified atom stereocenters. The Morgan fingerprint density at radius 1 is 1.12 bits per heavy atom. The number of nitrogens with zero attached hydrogens (tertiary/aromatic N) is 2. The maximum absolute atomic E-state index is 12.3. The van der Waals surface area contributed by atoms with Gasteiger partial charge in [-0.3, -0.25) is 10.1 Å². The van der Waals surface area contributed by atoms with Gasteiger partial charge in [0.25, 0.3) is 5.91 Å². The molecule has 0 saturated heterocycles. The Morgan fingerprint density at radius 2 is 1.85 bits per heavy atom. The third kappa shape index (κ3) is 4.53. The van der Waals surface area contributed by atoms with Crippen molar-refractivity contribution in [2.45, 2.75) is 20.5 Å². The van der Waals surface area contributed by atoms with Crippen LogP contribution in [0.3, 0.4) is 0 Å². The predicted octanol–water partition coefficient (Wildman–Crippen LogP) is 4.82. The number of anilines is 1. The number of benzene rings is 1. The standard InChI is InChI=1S/C18H15Cl2N3O3/c1-10-7-11(2)22-18(21-10)23-17(24)16-6-4-13(26-16)9-25-15-5-3-12(19)8-14(15)20/h3-8H,9H2,1-2H3,(H,21,22,23,24). The fourth-order valence-electron chi connectivity index (χ4n) is 2.26. The third-order valence-electron chi connectivity index (χ3n) is 3.36. The molecule has 26 heavy (non-hydrogen) atoms. The topological polar surface area (TPSA) is 77.2 Å². The molecule has 2 heterocycles. The van der Waals surface area contributed by atoms with E-state index in [0.29, 0.717) is 21.6 Å². The number of carbonyl (C=O) groups excluding carboxylic acids is 1. The highest BCUT2D eigenvalue weighted by molar-refractivity contribution is 6.35. The van der Waals surface area contributed by atoms with E-state index < -0.39 is 5.91 Å². The van der Waals surface area contributed by atoms with Crippen molar-refractivity contribution >= 4 is 35.1 Å². The maximum atomic E-state index is 12.3. The third-order valence-corrected chi connectivity index (χ3v) is 3.89. The Labute approximate surface area is 160 Å². The summed E-state index contributed by atoms with van der Waals surface area (Å²) >= 11 is 11.9. The summed E-state index contributed by atoms with van der Waals surface area (Å²) in [5, 5.41) is 3.53. The van der Waals surface area contributed by atoms with Gasteiger partial charge in [0.1, 0.15) is 18.1 Å². The minimum Gasteiger partial charge on any atom is -0.484 e. The molecule has 0 spiro atoms. The number of hydrogen-bond acceptors (Lipinski definition) is 5. The molecule has 3 rings (SSSR count). The lowest BCUT2D eigenvalue weighted by Gasteiger charge is -2.06. The largest absolute Gasteiger partial charge is 0.484 e. The molecule has 3 aromatic rings. The van der Waals surface area contributed by atoms with E-state index in [0.717, 1.165) is 11.4 Å². The smallest absolute Gasteiger partial charge is 0.293 e. The van der Waals surface area contributed by atoms with E-state index in [9.17, 15) is 4.79 Å². The number of amides is 1. The molecule has 1 N–H and O–H groups in total. The molecule has 134 valence electrons. The van der Waals surface area contributed by atoms with Crippen molar-refractivity contribution in [2.75, 3.05) is 5.32 Å². The van der Waals surface area contributed by atoms with Gasteiger partial charge in [-0.1, -0.05) is 23.2 Å². The van der Waals surface area contributed by atoms with E-state index in [1.54, 1.807) is 30.3 Å². The molecule has 0 saturated carbocycles. The van der Waals surface area contributed by atoms with Crippen LogP contribution in [0.15, 0.2) is 40.8 Å². The average Bonchev–Trinajstić information content (AvgIpc) is 3.02. The fraction of sp³-hybridized carbons (Fsp3) is 0.167. The van der Waals surface area contributed by atoms with Gasteiger partial charge in [0.05, 0.1) is 5.02 Å². The molecule has 2 aromatic heterocycles. The Hall–Kier alpha value is -2.57. The number of nitrogens with one attached hydrogen (secondary N) is 1. The summed E-state index contributed by atoms with van der Waals surface area (Å²) < 4.78 is 11.1. The Balaban J connectivity index is 1.64. The van der Waals surface area contributed by atoms with Gasteiger partial charge in [0.15, 0.2) is 5.76 Å². The van der Waals surface area contributed by atoms with E-state index in [1.165, 1.54) is 0 Å². The van der Waals surface area contributed by atoms with Crippen molar-refractivity contribution in [3.8, 4) is 5.75 Å². The first kappa shape index (κ1) is 18.2. The van der Waals surface area contributed by atoms with Crippen LogP contribution in [0.25, 0.3) is 0 Å². The van der Waals surface area contributed by atoms with Crippen LogP contribution >= 0.6 is 23.2 Å². The van der Waals surface area contributed by atoms with Crippen LogP contribution in [0, 0.1) is 13.8 Å². The zero-order valence-corrected chi connectivity index (χ0v) is 15.6. The molecular weight excluding hydrogens is 377 g/mol. The van der Waals surface area contributed by atoms with Crippen molar-refractivity contribution in [3.05, 3.63) is 69.4 Å². The summed E-state index contributed by atoms with van der Waals surface area (Å²) in [6.07, 6.45) is 0. The van der Waals surface area contributed by atoms with Crippen molar-refractivity contribution in [1.29, 1.82) is 0 Å². The molecule has 1 amide bonds. The number of furan rings is 1. The van der Waals surface area contributed by atoms with Crippen LogP contribution in [0.1, 0.15) is 27.7 Å². The van der Waals surface area contributed by atoms with Crippen molar-refractivity contribution in [3.63, 3.8) is 0 Å². The van der Waals surface area contributed by atoms with E-state index in [1.807, 2.05) is 19.9 Å². The predicted molar refractivity (Wildman–Crippen MR) is 99.0 cm³/mol. The van der Waals surface area contributed by atoms with Gasteiger partial charge in [-0.05, 0) is 50.2 Å². The van der Waals surface area contributed by atoms with Gasteiger partial charge in [-0.15, -0.1) is 0 Å². The van der Waals surface area contributed by atoms with Gasteiger partial charge in [-0.2, -0.15) is 0 Å². The summed E-state index contributed by atoms with van der Waals surface area (Å²) in [7, 11) is 0. The molecule has 0 radical (unpaired) electrons. The van der Waals surface area contributed by atoms with Crippen molar-refractivity contribution < 1.29 is 13.9 Å². The lowest BCUT2D eigenvalue weighted by atomic mass is 10.3. The lowest BCUT2D eigenvalue weighted by molar-refractivity contribution is 0.0991. The molecule has 0 aliphatic carbocycles. The first-order valence-corrected chi connectivity index (χ1v) is 8.46. The molecule has 8 heteroatoms. The number of aromatic nitrogens is 2. The first-order chi connectivity index (χ1) is 12.4. The monoisotopic (exact) mass is 391 g/mol. The molecule has 0 aliphatic rings. The second-order valence-corrected chi connectivity index (χ2v) is 6.40. The van der Waals surface area contributed by atoms with Crippen molar-refractivity contribution in [1.82, 2.24) is 9.97 Å².